The van der Waals surface area contributed by atoms with E-state index in [4.69, 9.17) is 11.6 Å². The molecule has 21 heavy (non-hydrogen) atoms. The van der Waals surface area contributed by atoms with Crippen LogP contribution < -0.4 is 5.32 Å². The zero-order valence-electron chi connectivity index (χ0n) is 13.2. The fourth-order valence-electron chi connectivity index (χ4n) is 3.28. The van der Waals surface area contributed by atoms with E-state index in [9.17, 15) is 0 Å². The van der Waals surface area contributed by atoms with E-state index in [1.807, 2.05) is 12.1 Å². The van der Waals surface area contributed by atoms with Gasteiger partial charge in [-0.05, 0) is 30.5 Å². The highest BCUT2D eigenvalue weighted by Crippen LogP contribution is 2.18. The van der Waals surface area contributed by atoms with Crippen LogP contribution in [0.15, 0.2) is 24.3 Å². The Morgan fingerprint density at radius 2 is 1.43 bits per heavy atom. The normalized spacial score (nSPS) is 19.7. The topological polar surface area (TPSA) is 12.0 Å². The molecule has 0 radical (unpaired) electrons. The Morgan fingerprint density at radius 1 is 0.857 bits per heavy atom. The number of hydrogen-bond acceptors (Lipinski definition) is 1. The van der Waals surface area contributed by atoms with Crippen LogP contribution in [-0.2, 0) is 6.54 Å². The highest BCUT2D eigenvalue weighted by atomic mass is 35.5. The first-order chi connectivity index (χ1) is 10.3. The van der Waals surface area contributed by atoms with Crippen molar-refractivity contribution in [1.82, 2.24) is 5.32 Å². The molecule has 0 aromatic heterocycles. The molecule has 0 unspecified atom stereocenters. The first-order valence-corrected chi connectivity index (χ1v) is 9.20. The van der Waals surface area contributed by atoms with Gasteiger partial charge in [-0.2, -0.15) is 0 Å². The molecule has 1 fully saturated rings. The Morgan fingerprint density at radius 3 is 2.00 bits per heavy atom. The van der Waals surface area contributed by atoms with Gasteiger partial charge in [-0.15, -0.1) is 0 Å². The Bertz CT molecular complexity index is 379. The lowest BCUT2D eigenvalue weighted by Gasteiger charge is -2.19. The van der Waals surface area contributed by atoms with E-state index in [2.05, 4.69) is 17.4 Å². The molecule has 1 saturated carbocycles. The molecular weight excluding hydrogens is 278 g/mol. The number of halogens is 1. The number of nitrogens with one attached hydrogen (secondary N) is 1. The maximum Gasteiger partial charge on any atom is 0.0409 e. The molecule has 1 aliphatic rings. The standard InChI is InChI=1S/C19H30ClN/c20-18-12-10-11-17(15-18)16-21-19-13-8-6-4-2-1-3-5-7-9-14-19/h10-12,15,19,21H,1-9,13-14,16H2. The molecule has 1 N–H and O–H groups in total. The lowest BCUT2D eigenvalue weighted by molar-refractivity contribution is 0.403. The molecule has 0 heterocycles. The van der Waals surface area contributed by atoms with E-state index in [0.29, 0.717) is 6.04 Å². The Balaban J connectivity index is 1.77. The number of rotatable bonds is 3. The van der Waals surface area contributed by atoms with E-state index in [-0.39, 0.29) is 0 Å². The molecule has 0 saturated heterocycles. The second-order valence-corrected chi connectivity index (χ2v) is 6.90. The van der Waals surface area contributed by atoms with Crippen molar-refractivity contribution >= 4 is 11.6 Å². The average molecular weight is 308 g/mol. The summed E-state index contributed by atoms with van der Waals surface area (Å²) in [6.45, 7) is 0.950. The molecule has 1 aromatic carbocycles. The third-order valence-corrected chi connectivity index (χ3v) is 4.82. The quantitative estimate of drug-likeness (QED) is 0.711. The molecule has 0 bridgehead atoms. The van der Waals surface area contributed by atoms with Crippen LogP contribution in [0.5, 0.6) is 0 Å². The summed E-state index contributed by atoms with van der Waals surface area (Å²) < 4.78 is 0. The summed E-state index contributed by atoms with van der Waals surface area (Å²) >= 11 is 6.06. The number of hydrogen-bond donors (Lipinski definition) is 1. The summed E-state index contributed by atoms with van der Waals surface area (Å²) in [6.07, 6.45) is 15.5. The van der Waals surface area contributed by atoms with Gasteiger partial charge in [-0.25, -0.2) is 0 Å². The predicted molar refractivity (Wildman–Crippen MR) is 92.9 cm³/mol. The zero-order chi connectivity index (χ0) is 14.8. The van der Waals surface area contributed by atoms with Crippen LogP contribution in [0.3, 0.4) is 0 Å². The van der Waals surface area contributed by atoms with E-state index in [1.165, 1.54) is 76.2 Å². The summed E-state index contributed by atoms with van der Waals surface area (Å²) in [6, 6.07) is 8.91. The lowest BCUT2D eigenvalue weighted by atomic mass is 9.98. The van der Waals surface area contributed by atoms with Gasteiger partial charge >= 0.3 is 0 Å². The van der Waals surface area contributed by atoms with Crippen LogP contribution in [0.25, 0.3) is 0 Å². The van der Waals surface area contributed by atoms with E-state index >= 15 is 0 Å². The Labute approximate surface area is 135 Å². The fourth-order valence-corrected chi connectivity index (χ4v) is 3.49. The molecule has 0 amide bonds. The minimum absolute atomic E-state index is 0.684. The summed E-state index contributed by atoms with van der Waals surface area (Å²) in [4.78, 5) is 0. The van der Waals surface area contributed by atoms with Crippen LogP contribution in [0.2, 0.25) is 5.02 Å². The molecule has 1 aliphatic carbocycles. The molecule has 0 spiro atoms. The van der Waals surface area contributed by atoms with Gasteiger partial charge in [0, 0.05) is 17.6 Å². The van der Waals surface area contributed by atoms with Gasteiger partial charge in [-0.1, -0.05) is 81.5 Å². The third kappa shape index (κ3) is 7.33. The van der Waals surface area contributed by atoms with Crippen molar-refractivity contribution < 1.29 is 0 Å². The summed E-state index contributed by atoms with van der Waals surface area (Å²) in [7, 11) is 0. The monoisotopic (exact) mass is 307 g/mol. The highest BCUT2D eigenvalue weighted by molar-refractivity contribution is 6.30. The molecule has 0 aliphatic heterocycles. The van der Waals surface area contributed by atoms with Gasteiger partial charge in [-0.3, -0.25) is 0 Å². The highest BCUT2D eigenvalue weighted by Gasteiger charge is 2.09. The molecule has 118 valence electrons. The predicted octanol–water partition coefficient (Wildman–Crippen LogP) is 6.10. The molecule has 0 atom stereocenters. The second kappa shape index (κ2) is 10.2. The lowest BCUT2D eigenvalue weighted by Crippen LogP contribution is -2.28. The van der Waals surface area contributed by atoms with Gasteiger partial charge in [0.1, 0.15) is 0 Å². The van der Waals surface area contributed by atoms with Crippen molar-refractivity contribution in [2.75, 3.05) is 0 Å². The smallest absolute Gasteiger partial charge is 0.0409 e. The summed E-state index contributed by atoms with van der Waals surface area (Å²) in [5.74, 6) is 0. The molecule has 2 rings (SSSR count). The van der Waals surface area contributed by atoms with Crippen LogP contribution >= 0.6 is 11.6 Å². The molecule has 1 aromatic rings. The van der Waals surface area contributed by atoms with Crippen molar-refractivity contribution in [3.8, 4) is 0 Å². The van der Waals surface area contributed by atoms with Gasteiger partial charge in [0.2, 0.25) is 0 Å². The van der Waals surface area contributed by atoms with Gasteiger partial charge in [0.05, 0.1) is 0 Å². The van der Waals surface area contributed by atoms with Crippen molar-refractivity contribution in [1.29, 1.82) is 0 Å². The largest absolute Gasteiger partial charge is 0.310 e. The van der Waals surface area contributed by atoms with Crippen molar-refractivity contribution in [3.63, 3.8) is 0 Å². The first kappa shape index (κ1) is 16.8. The van der Waals surface area contributed by atoms with Crippen LogP contribution in [0, 0.1) is 0 Å². The Kier molecular flexibility index (Phi) is 8.21. The molecular formula is C19H30ClN. The van der Waals surface area contributed by atoms with Crippen molar-refractivity contribution in [2.24, 2.45) is 0 Å². The minimum atomic E-state index is 0.684. The zero-order valence-corrected chi connectivity index (χ0v) is 14.0. The second-order valence-electron chi connectivity index (χ2n) is 6.47. The average Bonchev–Trinajstić information content (AvgIpc) is 2.47. The van der Waals surface area contributed by atoms with E-state index < -0.39 is 0 Å². The van der Waals surface area contributed by atoms with Gasteiger partial charge in [0.25, 0.3) is 0 Å². The van der Waals surface area contributed by atoms with Crippen LogP contribution in [0.4, 0.5) is 0 Å². The van der Waals surface area contributed by atoms with Gasteiger partial charge in [0.15, 0.2) is 0 Å². The number of benzene rings is 1. The minimum Gasteiger partial charge on any atom is -0.310 e. The van der Waals surface area contributed by atoms with Crippen molar-refractivity contribution in [3.05, 3.63) is 34.9 Å². The van der Waals surface area contributed by atoms with Crippen LogP contribution in [-0.4, -0.2) is 6.04 Å². The first-order valence-electron chi connectivity index (χ1n) is 8.82. The van der Waals surface area contributed by atoms with E-state index in [0.717, 1.165) is 11.6 Å². The maximum absolute atomic E-state index is 6.06. The third-order valence-electron chi connectivity index (χ3n) is 4.59. The molecule has 1 nitrogen and oxygen atoms in total. The van der Waals surface area contributed by atoms with E-state index in [1.54, 1.807) is 0 Å². The van der Waals surface area contributed by atoms with Gasteiger partial charge < -0.3 is 5.32 Å². The summed E-state index contributed by atoms with van der Waals surface area (Å²) in [5.41, 5.74) is 1.30. The Hall–Kier alpha value is -0.530. The summed E-state index contributed by atoms with van der Waals surface area (Å²) in [5, 5.41) is 4.60. The SMILES string of the molecule is Clc1cccc(CNC2CCCCCCCCCCC2)c1. The molecule has 2 heteroatoms. The fraction of sp³-hybridized carbons (Fsp3) is 0.684. The van der Waals surface area contributed by atoms with Crippen LogP contribution in [0.1, 0.15) is 76.2 Å². The maximum atomic E-state index is 6.06. The van der Waals surface area contributed by atoms with Crippen molar-refractivity contribution in [2.45, 2.75) is 83.2 Å².